The average molecular weight is 373 g/mol. The normalized spacial score (nSPS) is 10.9. The SMILES string of the molecule is Cc1ccc(Sc2ncnc(Nc3cccc4ccc(C)nc34)c2N)cc1. The predicted molar refractivity (Wildman–Crippen MR) is 112 cm³/mol. The molecule has 2 heterocycles. The number of aromatic nitrogens is 3. The highest BCUT2D eigenvalue weighted by Gasteiger charge is 2.12. The third kappa shape index (κ3) is 3.71. The molecule has 0 aliphatic carbocycles. The maximum absolute atomic E-state index is 6.35. The Balaban J connectivity index is 1.67. The number of para-hydroxylation sites is 1. The minimum Gasteiger partial charge on any atom is -0.394 e. The van der Waals surface area contributed by atoms with Crippen LogP contribution in [-0.4, -0.2) is 15.0 Å². The number of nitrogens with two attached hydrogens (primary N) is 1. The summed E-state index contributed by atoms with van der Waals surface area (Å²) in [7, 11) is 0. The fourth-order valence-electron chi connectivity index (χ4n) is 2.75. The number of benzene rings is 2. The van der Waals surface area contributed by atoms with E-state index < -0.39 is 0 Å². The second-order valence-electron chi connectivity index (χ2n) is 6.31. The van der Waals surface area contributed by atoms with Crippen LogP contribution < -0.4 is 11.1 Å². The van der Waals surface area contributed by atoms with Crippen LogP contribution in [0.25, 0.3) is 10.9 Å². The first-order valence-corrected chi connectivity index (χ1v) is 9.40. The zero-order chi connectivity index (χ0) is 18.8. The Hall–Kier alpha value is -3.12. The first-order chi connectivity index (χ1) is 13.1. The molecular formula is C21H19N5S. The predicted octanol–water partition coefficient (Wildman–Crippen LogP) is 5.12. The number of hydrogen-bond acceptors (Lipinski definition) is 6. The molecule has 0 saturated carbocycles. The molecule has 0 aliphatic heterocycles. The second kappa shape index (κ2) is 7.25. The van der Waals surface area contributed by atoms with Gasteiger partial charge >= 0.3 is 0 Å². The summed E-state index contributed by atoms with van der Waals surface area (Å²) in [6.07, 6.45) is 1.53. The van der Waals surface area contributed by atoms with Gasteiger partial charge < -0.3 is 11.1 Å². The van der Waals surface area contributed by atoms with Crippen LogP contribution in [-0.2, 0) is 0 Å². The van der Waals surface area contributed by atoms with E-state index in [1.54, 1.807) is 0 Å². The molecular weight excluding hydrogens is 354 g/mol. The van der Waals surface area contributed by atoms with Gasteiger partial charge in [0.05, 0.1) is 11.2 Å². The number of hydrogen-bond donors (Lipinski definition) is 2. The van der Waals surface area contributed by atoms with Gasteiger partial charge in [-0.2, -0.15) is 0 Å². The molecule has 0 saturated heterocycles. The van der Waals surface area contributed by atoms with Gasteiger partial charge in [-0.15, -0.1) is 0 Å². The van der Waals surface area contributed by atoms with Gasteiger partial charge in [-0.25, -0.2) is 9.97 Å². The number of rotatable bonds is 4. The molecule has 0 radical (unpaired) electrons. The van der Waals surface area contributed by atoms with E-state index in [-0.39, 0.29) is 0 Å². The number of nitrogens with one attached hydrogen (secondary N) is 1. The van der Waals surface area contributed by atoms with Crippen LogP contribution in [0.5, 0.6) is 0 Å². The van der Waals surface area contributed by atoms with Crippen molar-refractivity contribution in [3.63, 3.8) is 0 Å². The topological polar surface area (TPSA) is 76.7 Å². The van der Waals surface area contributed by atoms with E-state index in [0.29, 0.717) is 11.5 Å². The van der Waals surface area contributed by atoms with Crippen LogP contribution in [0.1, 0.15) is 11.3 Å². The zero-order valence-corrected chi connectivity index (χ0v) is 15.9. The smallest absolute Gasteiger partial charge is 0.158 e. The summed E-state index contributed by atoms with van der Waals surface area (Å²) < 4.78 is 0. The summed E-state index contributed by atoms with van der Waals surface area (Å²) in [5, 5.41) is 5.11. The monoisotopic (exact) mass is 373 g/mol. The van der Waals surface area contributed by atoms with Gasteiger partial charge in [0.2, 0.25) is 0 Å². The largest absolute Gasteiger partial charge is 0.394 e. The van der Waals surface area contributed by atoms with Crippen molar-refractivity contribution in [3.8, 4) is 0 Å². The second-order valence-corrected chi connectivity index (χ2v) is 7.37. The molecule has 0 aliphatic rings. The number of aryl methyl sites for hydroxylation is 2. The van der Waals surface area contributed by atoms with Crippen molar-refractivity contribution in [2.75, 3.05) is 11.1 Å². The lowest BCUT2D eigenvalue weighted by molar-refractivity contribution is 1.06. The maximum atomic E-state index is 6.35. The van der Waals surface area contributed by atoms with E-state index in [2.05, 4.69) is 57.5 Å². The minimum atomic E-state index is 0.521. The van der Waals surface area contributed by atoms with E-state index in [0.717, 1.165) is 32.2 Å². The maximum Gasteiger partial charge on any atom is 0.158 e. The number of anilines is 3. The Kier molecular flexibility index (Phi) is 4.64. The zero-order valence-electron chi connectivity index (χ0n) is 15.1. The van der Waals surface area contributed by atoms with Crippen molar-refractivity contribution in [2.24, 2.45) is 0 Å². The van der Waals surface area contributed by atoms with E-state index in [4.69, 9.17) is 5.73 Å². The summed E-state index contributed by atoms with van der Waals surface area (Å²) in [6, 6.07) is 18.3. The van der Waals surface area contributed by atoms with Crippen LogP contribution in [0.3, 0.4) is 0 Å². The van der Waals surface area contributed by atoms with Crippen molar-refractivity contribution < 1.29 is 0 Å². The molecule has 6 heteroatoms. The lowest BCUT2D eigenvalue weighted by atomic mass is 10.1. The molecule has 3 N–H and O–H groups in total. The summed E-state index contributed by atoms with van der Waals surface area (Å²) in [4.78, 5) is 14.4. The molecule has 0 amide bonds. The van der Waals surface area contributed by atoms with Crippen LogP contribution in [0, 0.1) is 13.8 Å². The minimum absolute atomic E-state index is 0.521. The highest BCUT2D eigenvalue weighted by molar-refractivity contribution is 7.99. The first kappa shape index (κ1) is 17.3. The average Bonchev–Trinajstić information content (AvgIpc) is 2.67. The van der Waals surface area contributed by atoms with Gasteiger partial charge in [-0.05, 0) is 38.1 Å². The van der Waals surface area contributed by atoms with E-state index >= 15 is 0 Å². The molecule has 4 rings (SSSR count). The molecule has 4 aromatic rings. The molecule has 2 aromatic carbocycles. The summed E-state index contributed by atoms with van der Waals surface area (Å²) in [6.45, 7) is 4.04. The van der Waals surface area contributed by atoms with Crippen LogP contribution >= 0.6 is 11.8 Å². The fourth-order valence-corrected chi connectivity index (χ4v) is 3.55. The Morgan fingerprint density at radius 2 is 1.74 bits per heavy atom. The van der Waals surface area contributed by atoms with Gasteiger partial charge in [-0.3, -0.25) is 4.98 Å². The van der Waals surface area contributed by atoms with Gasteiger partial charge in [0.1, 0.15) is 17.0 Å². The Morgan fingerprint density at radius 1 is 0.926 bits per heavy atom. The quantitative estimate of drug-likeness (QED) is 0.484. The standard InChI is InChI=1S/C21H19N5S/c1-13-6-10-16(11-7-13)27-21-18(22)20(23-12-24-21)26-17-5-3-4-15-9-8-14(2)25-19(15)17/h3-12H,22H2,1-2H3,(H,23,24,26). The van der Waals surface area contributed by atoms with E-state index in [1.807, 2.05) is 31.2 Å². The summed E-state index contributed by atoms with van der Waals surface area (Å²) in [5.74, 6) is 0.579. The number of fused-ring (bicyclic) bond motifs is 1. The fraction of sp³-hybridized carbons (Fsp3) is 0.0952. The lowest BCUT2D eigenvalue weighted by Crippen LogP contribution is -2.03. The molecule has 0 fully saturated rings. The van der Waals surface area contributed by atoms with Crippen LogP contribution in [0.2, 0.25) is 0 Å². The number of pyridine rings is 1. The summed E-state index contributed by atoms with van der Waals surface area (Å²) >= 11 is 1.52. The third-order valence-electron chi connectivity index (χ3n) is 4.20. The van der Waals surface area contributed by atoms with Crippen LogP contribution in [0.15, 0.2) is 70.8 Å². The lowest BCUT2D eigenvalue weighted by Gasteiger charge is -2.12. The molecule has 5 nitrogen and oxygen atoms in total. The highest BCUT2D eigenvalue weighted by Crippen LogP contribution is 2.35. The third-order valence-corrected chi connectivity index (χ3v) is 5.22. The molecule has 2 aromatic heterocycles. The van der Waals surface area contributed by atoms with Crippen molar-refractivity contribution in [3.05, 3.63) is 72.2 Å². The molecule has 0 unspecified atom stereocenters. The molecule has 27 heavy (non-hydrogen) atoms. The number of nitrogens with zero attached hydrogens (tertiary/aromatic N) is 3. The van der Waals surface area contributed by atoms with E-state index in [1.165, 1.54) is 23.7 Å². The van der Waals surface area contributed by atoms with Gasteiger partial charge in [0.15, 0.2) is 5.82 Å². The highest BCUT2D eigenvalue weighted by atomic mass is 32.2. The Labute approximate surface area is 162 Å². The first-order valence-electron chi connectivity index (χ1n) is 8.58. The van der Waals surface area contributed by atoms with Gasteiger partial charge in [0, 0.05) is 16.0 Å². The Morgan fingerprint density at radius 3 is 2.56 bits per heavy atom. The number of nitrogen functional groups attached to an aromatic ring is 1. The Bertz CT molecular complexity index is 1110. The van der Waals surface area contributed by atoms with Crippen molar-refractivity contribution in [1.29, 1.82) is 0 Å². The van der Waals surface area contributed by atoms with Crippen molar-refractivity contribution >= 4 is 39.9 Å². The van der Waals surface area contributed by atoms with Crippen molar-refractivity contribution in [2.45, 2.75) is 23.8 Å². The van der Waals surface area contributed by atoms with Crippen molar-refractivity contribution in [1.82, 2.24) is 15.0 Å². The summed E-state index contributed by atoms with van der Waals surface area (Å²) in [5.41, 5.74) is 10.8. The van der Waals surface area contributed by atoms with E-state index in [9.17, 15) is 0 Å². The molecule has 0 spiro atoms. The van der Waals surface area contributed by atoms with Gasteiger partial charge in [0.25, 0.3) is 0 Å². The molecule has 0 bridgehead atoms. The van der Waals surface area contributed by atoms with Crippen LogP contribution in [0.4, 0.5) is 17.2 Å². The molecule has 0 atom stereocenters. The molecule has 134 valence electrons. The van der Waals surface area contributed by atoms with Gasteiger partial charge in [-0.1, -0.05) is 47.7 Å².